The number of nitrogens with zero attached hydrogens (tertiary/aromatic N) is 3. The summed E-state index contributed by atoms with van der Waals surface area (Å²) in [5.74, 6) is -0.439. The number of alkyl halides is 3. The topological polar surface area (TPSA) is 100 Å². The van der Waals surface area contributed by atoms with Crippen molar-refractivity contribution in [2.75, 3.05) is 33.3 Å². The first-order chi connectivity index (χ1) is 14.9. The molecule has 1 aliphatic rings. The molecule has 0 aliphatic carbocycles. The van der Waals surface area contributed by atoms with Gasteiger partial charge in [-0.25, -0.2) is 13.4 Å². The van der Waals surface area contributed by atoms with Crippen molar-refractivity contribution in [1.29, 1.82) is 0 Å². The zero-order chi connectivity index (χ0) is 23.7. The lowest BCUT2D eigenvalue weighted by Crippen LogP contribution is -2.53. The fourth-order valence-electron chi connectivity index (χ4n) is 3.25. The summed E-state index contributed by atoms with van der Waals surface area (Å²) >= 11 is 0.628. The molecule has 13 heteroatoms. The molecule has 2 heterocycles. The normalized spacial score (nSPS) is 17.8. The molecular weight excluding hydrogens is 471 g/mol. The van der Waals surface area contributed by atoms with Gasteiger partial charge < -0.3 is 14.7 Å². The summed E-state index contributed by atoms with van der Waals surface area (Å²) in [6, 6.07) is 5.80. The summed E-state index contributed by atoms with van der Waals surface area (Å²) < 4.78 is 72.7. The highest BCUT2D eigenvalue weighted by Gasteiger charge is 2.58. The molecule has 1 aliphatic heterocycles. The van der Waals surface area contributed by atoms with Crippen LogP contribution in [-0.4, -0.2) is 73.1 Å². The minimum Gasteiger partial charge on any atom is -0.497 e. The molecule has 0 bridgehead atoms. The van der Waals surface area contributed by atoms with E-state index in [1.165, 1.54) is 48.0 Å². The summed E-state index contributed by atoms with van der Waals surface area (Å²) in [6.07, 6.45) is -6.33. The molecule has 1 fully saturated rings. The standard InChI is InChI=1S/C19H22F3N3O5S2/c1-13-12-31-17(23-13)18(27,19(20,21)22)11-16(26)24-7-9-25(10-8-24)32(28,29)15-5-3-14(30-2)4-6-15/h3-6,12,27H,7-11H2,1-2H3. The molecule has 1 atom stereocenters. The lowest BCUT2D eigenvalue weighted by molar-refractivity contribution is -0.268. The number of amides is 1. The van der Waals surface area contributed by atoms with Gasteiger partial charge in [0.05, 0.1) is 18.4 Å². The number of ether oxygens (including phenoxy) is 1. The van der Waals surface area contributed by atoms with E-state index in [4.69, 9.17) is 4.74 Å². The number of piperazine rings is 1. The molecule has 3 rings (SSSR count). The first kappa shape index (κ1) is 24.4. The van der Waals surface area contributed by atoms with E-state index >= 15 is 0 Å². The van der Waals surface area contributed by atoms with Crippen LogP contribution in [0.4, 0.5) is 13.2 Å². The van der Waals surface area contributed by atoms with E-state index in [0.717, 1.165) is 4.90 Å². The third-order valence-corrected chi connectivity index (χ3v) is 8.16. The number of hydrogen-bond donors (Lipinski definition) is 1. The summed E-state index contributed by atoms with van der Waals surface area (Å²) in [5, 5.41) is 11.1. The van der Waals surface area contributed by atoms with Crippen molar-refractivity contribution in [2.45, 2.75) is 30.0 Å². The molecular formula is C19H22F3N3O5S2. The summed E-state index contributed by atoms with van der Waals surface area (Å²) in [5.41, 5.74) is -3.10. The van der Waals surface area contributed by atoms with E-state index in [1.54, 1.807) is 0 Å². The van der Waals surface area contributed by atoms with Crippen molar-refractivity contribution in [3.8, 4) is 5.75 Å². The first-order valence-electron chi connectivity index (χ1n) is 9.52. The second kappa shape index (κ2) is 8.96. The SMILES string of the molecule is COc1ccc(S(=O)(=O)N2CCN(C(=O)CC(O)(c3nc(C)cs3)C(F)(F)F)CC2)cc1. The van der Waals surface area contributed by atoms with Crippen LogP contribution in [0.2, 0.25) is 0 Å². The number of carbonyl (C=O) groups is 1. The second-order valence-electron chi connectivity index (χ2n) is 7.29. The average molecular weight is 494 g/mol. The Hall–Kier alpha value is -2.22. The van der Waals surface area contributed by atoms with Gasteiger partial charge in [-0.1, -0.05) is 0 Å². The van der Waals surface area contributed by atoms with Gasteiger partial charge >= 0.3 is 6.18 Å². The van der Waals surface area contributed by atoms with Gasteiger partial charge in [0.15, 0.2) is 0 Å². The Morgan fingerprint density at radius 2 is 1.78 bits per heavy atom. The molecule has 0 radical (unpaired) electrons. The van der Waals surface area contributed by atoms with Gasteiger partial charge in [0.2, 0.25) is 21.5 Å². The van der Waals surface area contributed by atoms with Crippen LogP contribution in [0.3, 0.4) is 0 Å². The Labute approximate surface area is 187 Å². The van der Waals surface area contributed by atoms with E-state index < -0.39 is 39.1 Å². The van der Waals surface area contributed by atoms with Crippen LogP contribution >= 0.6 is 11.3 Å². The molecule has 2 aromatic rings. The minimum absolute atomic E-state index is 0.0451. The Morgan fingerprint density at radius 3 is 2.25 bits per heavy atom. The van der Waals surface area contributed by atoms with Crippen molar-refractivity contribution in [1.82, 2.24) is 14.2 Å². The molecule has 1 saturated heterocycles. The number of aliphatic hydroxyl groups is 1. The molecule has 0 spiro atoms. The Kier molecular flexibility index (Phi) is 6.84. The van der Waals surface area contributed by atoms with E-state index in [0.29, 0.717) is 22.8 Å². The maximum absolute atomic E-state index is 13.6. The number of sulfonamides is 1. The molecule has 176 valence electrons. The fraction of sp³-hybridized carbons (Fsp3) is 0.474. The van der Waals surface area contributed by atoms with Crippen LogP contribution in [0, 0.1) is 6.92 Å². The maximum Gasteiger partial charge on any atom is 0.424 e. The number of carbonyl (C=O) groups excluding carboxylic acids is 1. The highest BCUT2D eigenvalue weighted by Crippen LogP contribution is 2.43. The molecule has 1 aromatic carbocycles. The van der Waals surface area contributed by atoms with Crippen molar-refractivity contribution < 1.29 is 36.2 Å². The van der Waals surface area contributed by atoms with E-state index in [-0.39, 0.29) is 31.1 Å². The summed E-state index contributed by atoms with van der Waals surface area (Å²) in [7, 11) is -2.38. The van der Waals surface area contributed by atoms with Crippen molar-refractivity contribution in [3.63, 3.8) is 0 Å². The molecule has 1 N–H and O–H groups in total. The average Bonchev–Trinajstić information content (AvgIpc) is 3.19. The number of halogens is 3. The lowest BCUT2D eigenvalue weighted by atomic mass is 9.98. The summed E-state index contributed by atoms with van der Waals surface area (Å²) in [4.78, 5) is 17.5. The largest absolute Gasteiger partial charge is 0.497 e. The lowest BCUT2D eigenvalue weighted by Gasteiger charge is -2.36. The third-order valence-electron chi connectivity index (χ3n) is 5.14. The van der Waals surface area contributed by atoms with Crippen LogP contribution in [0.15, 0.2) is 34.5 Å². The number of rotatable bonds is 6. The molecule has 1 amide bonds. The second-order valence-corrected chi connectivity index (χ2v) is 10.1. The number of thiazole rings is 1. The van der Waals surface area contributed by atoms with Crippen LogP contribution < -0.4 is 4.74 Å². The molecule has 1 unspecified atom stereocenters. The smallest absolute Gasteiger partial charge is 0.424 e. The highest BCUT2D eigenvalue weighted by atomic mass is 32.2. The Bertz CT molecular complexity index is 1060. The third kappa shape index (κ3) is 4.75. The van der Waals surface area contributed by atoms with Gasteiger partial charge in [-0.15, -0.1) is 11.3 Å². The van der Waals surface area contributed by atoms with Gasteiger partial charge in [0.1, 0.15) is 10.8 Å². The number of methoxy groups -OCH3 is 1. The zero-order valence-electron chi connectivity index (χ0n) is 17.3. The quantitative estimate of drug-likeness (QED) is 0.662. The van der Waals surface area contributed by atoms with Gasteiger partial charge in [-0.3, -0.25) is 4.79 Å². The van der Waals surface area contributed by atoms with Crippen LogP contribution in [0.1, 0.15) is 17.1 Å². The minimum atomic E-state index is -5.10. The number of aromatic nitrogens is 1. The highest BCUT2D eigenvalue weighted by molar-refractivity contribution is 7.89. The zero-order valence-corrected chi connectivity index (χ0v) is 18.9. The maximum atomic E-state index is 13.6. The monoisotopic (exact) mass is 493 g/mol. The van der Waals surface area contributed by atoms with E-state index in [1.807, 2.05) is 0 Å². The molecule has 0 saturated carbocycles. The van der Waals surface area contributed by atoms with Gasteiger partial charge in [-0.05, 0) is 31.2 Å². The van der Waals surface area contributed by atoms with Crippen molar-refractivity contribution >= 4 is 27.3 Å². The predicted molar refractivity (Wildman–Crippen MR) is 110 cm³/mol. The molecule has 8 nitrogen and oxygen atoms in total. The van der Waals surface area contributed by atoms with E-state index in [2.05, 4.69) is 4.98 Å². The number of hydrogen-bond acceptors (Lipinski definition) is 7. The Balaban J connectivity index is 1.69. The molecule has 1 aromatic heterocycles. The van der Waals surface area contributed by atoms with Gasteiger partial charge in [-0.2, -0.15) is 17.5 Å². The molecule has 32 heavy (non-hydrogen) atoms. The van der Waals surface area contributed by atoms with Crippen molar-refractivity contribution in [2.24, 2.45) is 0 Å². The van der Waals surface area contributed by atoms with Crippen LogP contribution in [0.5, 0.6) is 5.75 Å². The summed E-state index contributed by atoms with van der Waals surface area (Å²) in [6.45, 7) is 1.13. The number of aryl methyl sites for hydroxylation is 1. The van der Waals surface area contributed by atoms with Crippen LogP contribution in [-0.2, 0) is 20.4 Å². The van der Waals surface area contributed by atoms with E-state index in [9.17, 15) is 31.5 Å². The number of benzene rings is 1. The predicted octanol–water partition coefficient (Wildman–Crippen LogP) is 2.13. The van der Waals surface area contributed by atoms with Gasteiger partial charge in [0, 0.05) is 37.3 Å². The van der Waals surface area contributed by atoms with Crippen molar-refractivity contribution in [3.05, 3.63) is 40.3 Å². The fourth-order valence-corrected chi connectivity index (χ4v) is 5.58. The van der Waals surface area contributed by atoms with Gasteiger partial charge in [0.25, 0.3) is 0 Å². The van der Waals surface area contributed by atoms with Crippen LogP contribution in [0.25, 0.3) is 0 Å². The Morgan fingerprint density at radius 1 is 1.19 bits per heavy atom. The first-order valence-corrected chi connectivity index (χ1v) is 11.8.